The quantitative estimate of drug-likeness (QED) is 0.835. The third-order valence-corrected chi connectivity index (χ3v) is 6.12. The molecule has 0 bridgehead atoms. The Hall–Kier alpha value is -0.0800. The largest absolute Gasteiger partial charge is 0.312 e. The van der Waals surface area contributed by atoms with Gasteiger partial charge in [0, 0.05) is 18.1 Å². The lowest BCUT2D eigenvalue weighted by Gasteiger charge is -2.46. The molecular formula is C18H36N2. The Morgan fingerprint density at radius 2 is 1.70 bits per heavy atom. The van der Waals surface area contributed by atoms with Crippen LogP contribution in [-0.4, -0.2) is 37.1 Å². The molecule has 0 aromatic carbocycles. The van der Waals surface area contributed by atoms with E-state index in [1.54, 1.807) is 0 Å². The number of nitrogens with zero attached hydrogens (tertiary/aromatic N) is 1. The highest BCUT2D eigenvalue weighted by Gasteiger charge is 2.37. The number of hydrogen-bond acceptors (Lipinski definition) is 2. The second-order valence-electron chi connectivity index (χ2n) is 8.55. The highest BCUT2D eigenvalue weighted by molar-refractivity contribution is 4.95. The fourth-order valence-electron chi connectivity index (χ4n) is 4.56. The Morgan fingerprint density at radius 1 is 1.05 bits per heavy atom. The van der Waals surface area contributed by atoms with Gasteiger partial charge in [-0.1, -0.05) is 40.0 Å². The molecular weight excluding hydrogens is 244 g/mol. The zero-order valence-electron chi connectivity index (χ0n) is 14.5. The van der Waals surface area contributed by atoms with E-state index in [0.29, 0.717) is 11.0 Å². The molecule has 0 aromatic heterocycles. The Bertz CT molecular complexity index is 303. The van der Waals surface area contributed by atoms with Gasteiger partial charge in [0.2, 0.25) is 0 Å². The van der Waals surface area contributed by atoms with Crippen LogP contribution in [0, 0.1) is 11.3 Å². The highest BCUT2D eigenvalue weighted by Crippen LogP contribution is 2.39. The Balaban J connectivity index is 1.90. The Labute approximate surface area is 126 Å². The van der Waals surface area contributed by atoms with Gasteiger partial charge in [0.15, 0.2) is 0 Å². The average molecular weight is 280 g/mol. The van der Waals surface area contributed by atoms with Crippen molar-refractivity contribution in [1.29, 1.82) is 0 Å². The zero-order chi connectivity index (χ0) is 14.8. The first-order valence-electron chi connectivity index (χ1n) is 8.76. The van der Waals surface area contributed by atoms with Crippen LogP contribution in [-0.2, 0) is 0 Å². The van der Waals surface area contributed by atoms with E-state index in [1.807, 2.05) is 0 Å². The molecule has 118 valence electrons. The van der Waals surface area contributed by atoms with Crippen LogP contribution < -0.4 is 5.32 Å². The van der Waals surface area contributed by atoms with E-state index in [1.165, 1.54) is 57.9 Å². The van der Waals surface area contributed by atoms with Crippen molar-refractivity contribution in [3.05, 3.63) is 0 Å². The molecule has 1 N–H and O–H groups in total. The van der Waals surface area contributed by atoms with Crippen molar-refractivity contribution >= 4 is 0 Å². The standard InChI is InChI=1S/C18H36N2/c1-15-13-17(2,3)12-9-16(15)19-14-18(20(4)5)10-7-6-8-11-18/h15-16,19H,6-14H2,1-5H3. The van der Waals surface area contributed by atoms with E-state index < -0.39 is 0 Å². The molecule has 20 heavy (non-hydrogen) atoms. The highest BCUT2D eigenvalue weighted by atomic mass is 15.2. The molecule has 0 amide bonds. The molecule has 2 rings (SSSR count). The summed E-state index contributed by atoms with van der Waals surface area (Å²) in [6.45, 7) is 8.50. The third-order valence-electron chi connectivity index (χ3n) is 6.12. The van der Waals surface area contributed by atoms with Gasteiger partial charge in [-0.15, -0.1) is 0 Å². The summed E-state index contributed by atoms with van der Waals surface area (Å²) in [5.74, 6) is 0.821. The van der Waals surface area contributed by atoms with Crippen molar-refractivity contribution in [1.82, 2.24) is 10.2 Å². The average Bonchev–Trinajstić information content (AvgIpc) is 2.38. The normalized spacial score (nSPS) is 33.3. The zero-order valence-corrected chi connectivity index (χ0v) is 14.5. The van der Waals surface area contributed by atoms with Gasteiger partial charge in [-0.25, -0.2) is 0 Å². The molecule has 2 saturated carbocycles. The predicted octanol–water partition coefficient (Wildman–Crippen LogP) is 4.06. The summed E-state index contributed by atoms with van der Waals surface area (Å²) in [5.41, 5.74) is 0.979. The number of likely N-dealkylation sites (N-methyl/N-ethyl adjacent to an activating group) is 1. The molecule has 0 aromatic rings. The summed E-state index contributed by atoms with van der Waals surface area (Å²) in [6, 6.07) is 0.738. The van der Waals surface area contributed by atoms with Crippen LogP contribution in [0.1, 0.15) is 72.1 Å². The molecule has 0 radical (unpaired) electrons. The summed E-state index contributed by atoms with van der Waals surface area (Å²) in [6.07, 6.45) is 11.1. The summed E-state index contributed by atoms with van der Waals surface area (Å²) < 4.78 is 0. The molecule has 2 atom stereocenters. The summed E-state index contributed by atoms with van der Waals surface area (Å²) in [5, 5.41) is 3.96. The van der Waals surface area contributed by atoms with Crippen LogP contribution in [0.25, 0.3) is 0 Å². The molecule has 2 nitrogen and oxygen atoms in total. The van der Waals surface area contributed by atoms with Gasteiger partial charge >= 0.3 is 0 Å². The van der Waals surface area contributed by atoms with Crippen LogP contribution in [0.2, 0.25) is 0 Å². The van der Waals surface area contributed by atoms with Crippen molar-refractivity contribution in [2.75, 3.05) is 20.6 Å². The molecule has 2 heteroatoms. The topological polar surface area (TPSA) is 15.3 Å². The maximum Gasteiger partial charge on any atom is 0.0327 e. The first kappa shape index (κ1) is 16.3. The van der Waals surface area contributed by atoms with Crippen molar-refractivity contribution in [3.8, 4) is 0 Å². The minimum atomic E-state index is 0.422. The van der Waals surface area contributed by atoms with Crippen LogP contribution in [0.3, 0.4) is 0 Å². The lowest BCUT2D eigenvalue weighted by molar-refractivity contribution is 0.0798. The van der Waals surface area contributed by atoms with E-state index in [-0.39, 0.29) is 0 Å². The Morgan fingerprint density at radius 3 is 2.25 bits per heavy atom. The van der Waals surface area contributed by atoms with Crippen molar-refractivity contribution in [3.63, 3.8) is 0 Å². The smallest absolute Gasteiger partial charge is 0.0327 e. The van der Waals surface area contributed by atoms with E-state index in [0.717, 1.165) is 12.0 Å². The van der Waals surface area contributed by atoms with Crippen LogP contribution >= 0.6 is 0 Å². The van der Waals surface area contributed by atoms with Gasteiger partial charge in [0.05, 0.1) is 0 Å². The van der Waals surface area contributed by atoms with Gasteiger partial charge in [-0.05, 0) is 57.5 Å². The summed E-state index contributed by atoms with van der Waals surface area (Å²) in [7, 11) is 4.56. The second-order valence-corrected chi connectivity index (χ2v) is 8.55. The predicted molar refractivity (Wildman–Crippen MR) is 88.1 cm³/mol. The lowest BCUT2D eigenvalue weighted by Crippen LogP contribution is -2.56. The van der Waals surface area contributed by atoms with Gasteiger partial charge in [-0.2, -0.15) is 0 Å². The van der Waals surface area contributed by atoms with Crippen LogP contribution in [0.15, 0.2) is 0 Å². The monoisotopic (exact) mass is 280 g/mol. The fraction of sp³-hybridized carbons (Fsp3) is 1.00. The second kappa shape index (κ2) is 6.36. The van der Waals surface area contributed by atoms with E-state index >= 15 is 0 Å². The van der Waals surface area contributed by atoms with Crippen LogP contribution in [0.5, 0.6) is 0 Å². The molecule has 0 saturated heterocycles. The molecule has 2 fully saturated rings. The maximum absolute atomic E-state index is 3.96. The fourth-order valence-corrected chi connectivity index (χ4v) is 4.56. The Kier molecular flexibility index (Phi) is 5.18. The molecule has 2 aliphatic carbocycles. The van der Waals surface area contributed by atoms with Gasteiger partial charge < -0.3 is 10.2 Å². The molecule has 2 aliphatic rings. The summed E-state index contributed by atoms with van der Waals surface area (Å²) in [4.78, 5) is 2.50. The molecule has 0 spiro atoms. The maximum atomic E-state index is 3.96. The van der Waals surface area contributed by atoms with E-state index in [4.69, 9.17) is 0 Å². The van der Waals surface area contributed by atoms with Gasteiger partial charge in [-0.3, -0.25) is 0 Å². The van der Waals surface area contributed by atoms with Crippen molar-refractivity contribution in [2.45, 2.75) is 83.7 Å². The van der Waals surface area contributed by atoms with Gasteiger partial charge in [0.25, 0.3) is 0 Å². The lowest BCUT2D eigenvalue weighted by atomic mass is 9.70. The summed E-state index contributed by atoms with van der Waals surface area (Å²) >= 11 is 0. The minimum Gasteiger partial charge on any atom is -0.312 e. The number of rotatable bonds is 4. The van der Waals surface area contributed by atoms with Crippen molar-refractivity contribution < 1.29 is 0 Å². The minimum absolute atomic E-state index is 0.422. The van der Waals surface area contributed by atoms with Gasteiger partial charge in [0.1, 0.15) is 0 Å². The number of nitrogens with one attached hydrogen (secondary N) is 1. The molecule has 0 aliphatic heterocycles. The number of hydrogen-bond donors (Lipinski definition) is 1. The van der Waals surface area contributed by atoms with Crippen LogP contribution in [0.4, 0.5) is 0 Å². The van der Waals surface area contributed by atoms with E-state index in [2.05, 4.69) is 45.1 Å². The third kappa shape index (κ3) is 3.76. The molecule has 0 heterocycles. The first-order chi connectivity index (χ1) is 9.35. The van der Waals surface area contributed by atoms with Crippen molar-refractivity contribution in [2.24, 2.45) is 11.3 Å². The first-order valence-corrected chi connectivity index (χ1v) is 8.76. The molecule has 2 unspecified atom stereocenters. The SMILES string of the molecule is CC1CC(C)(C)CCC1NCC1(N(C)C)CCCCC1. The van der Waals surface area contributed by atoms with E-state index in [9.17, 15) is 0 Å².